The van der Waals surface area contributed by atoms with Crippen LogP contribution in [0.5, 0.6) is 0 Å². The van der Waals surface area contributed by atoms with Crippen molar-refractivity contribution in [3.05, 3.63) is 89.9 Å². The molecular formula is C23H16F2N4O. The van der Waals surface area contributed by atoms with Crippen molar-refractivity contribution in [2.75, 3.05) is 0 Å². The fraction of sp³-hybridized carbons (Fsp3) is 0.0870. The molecule has 3 heterocycles. The van der Waals surface area contributed by atoms with Crippen molar-refractivity contribution < 1.29 is 13.3 Å². The Hall–Kier alpha value is -3.87. The lowest BCUT2D eigenvalue weighted by Crippen LogP contribution is -1.99. The minimum Gasteiger partial charge on any atom is -0.359 e. The van der Waals surface area contributed by atoms with E-state index in [-0.39, 0.29) is 11.6 Å². The van der Waals surface area contributed by atoms with E-state index in [0.717, 1.165) is 5.56 Å². The van der Waals surface area contributed by atoms with E-state index in [1.165, 1.54) is 12.1 Å². The number of hydrogen-bond acceptors (Lipinski definition) is 4. The zero-order valence-electron chi connectivity index (χ0n) is 16.0. The predicted molar refractivity (Wildman–Crippen MR) is 108 cm³/mol. The summed E-state index contributed by atoms with van der Waals surface area (Å²) in [5.41, 5.74) is 3.35. The third kappa shape index (κ3) is 3.34. The molecule has 0 saturated heterocycles. The average molecular weight is 402 g/mol. The molecule has 0 aliphatic carbocycles. The smallest absolute Gasteiger partial charge is 0.163 e. The van der Waals surface area contributed by atoms with Crippen LogP contribution in [0.1, 0.15) is 11.3 Å². The summed E-state index contributed by atoms with van der Waals surface area (Å²) in [6.45, 7) is 2.22. The van der Waals surface area contributed by atoms with Gasteiger partial charge in [0.15, 0.2) is 11.6 Å². The summed E-state index contributed by atoms with van der Waals surface area (Å²) < 4.78 is 35.5. The molecular weight excluding hydrogens is 386 g/mol. The molecule has 2 aliphatic rings. The molecule has 5 rings (SSSR count). The lowest BCUT2D eigenvalue weighted by Gasteiger charge is -2.04. The fourth-order valence-electron chi connectivity index (χ4n) is 3.34. The second kappa shape index (κ2) is 7.18. The lowest BCUT2D eigenvalue weighted by molar-refractivity contribution is 0.378. The van der Waals surface area contributed by atoms with E-state index in [2.05, 4.69) is 15.1 Å². The fourth-order valence-corrected chi connectivity index (χ4v) is 3.34. The Kier molecular flexibility index (Phi) is 4.35. The minimum absolute atomic E-state index is 0.336. The maximum atomic E-state index is 14.2. The summed E-state index contributed by atoms with van der Waals surface area (Å²) in [5.74, 6) is 0.218. The third-order valence-corrected chi connectivity index (χ3v) is 4.84. The minimum atomic E-state index is -0.363. The number of nitrogens with zero attached hydrogens (tertiary/aromatic N) is 4. The number of aromatic nitrogens is 4. The highest BCUT2D eigenvalue weighted by Crippen LogP contribution is 2.27. The molecule has 3 aromatic rings. The highest BCUT2D eigenvalue weighted by Gasteiger charge is 2.16. The van der Waals surface area contributed by atoms with Crippen LogP contribution in [0.4, 0.5) is 8.78 Å². The lowest BCUT2D eigenvalue weighted by atomic mass is 10.1. The van der Waals surface area contributed by atoms with Crippen LogP contribution in [0, 0.1) is 18.6 Å². The zero-order chi connectivity index (χ0) is 20.7. The van der Waals surface area contributed by atoms with E-state index in [1.54, 1.807) is 36.5 Å². The van der Waals surface area contributed by atoms with Gasteiger partial charge in [-0.2, -0.15) is 0 Å². The van der Waals surface area contributed by atoms with E-state index in [4.69, 9.17) is 4.52 Å². The van der Waals surface area contributed by atoms with Crippen LogP contribution >= 0.6 is 0 Å². The molecule has 2 aliphatic heterocycles. The number of benzene rings is 2. The van der Waals surface area contributed by atoms with Crippen LogP contribution in [0.3, 0.4) is 0 Å². The van der Waals surface area contributed by atoms with Crippen LogP contribution in [-0.2, 0) is 6.54 Å². The van der Waals surface area contributed by atoms with Crippen LogP contribution in [0.15, 0.2) is 71.5 Å². The van der Waals surface area contributed by atoms with Gasteiger partial charge in [0, 0.05) is 24.0 Å². The molecule has 2 aromatic carbocycles. The van der Waals surface area contributed by atoms with Crippen LogP contribution in [0.2, 0.25) is 0 Å². The van der Waals surface area contributed by atoms with Gasteiger partial charge in [0.1, 0.15) is 23.0 Å². The normalized spacial score (nSPS) is 11.3. The van der Waals surface area contributed by atoms with Crippen molar-refractivity contribution >= 4 is 0 Å². The van der Waals surface area contributed by atoms with Crippen LogP contribution < -0.4 is 0 Å². The van der Waals surface area contributed by atoms with Crippen molar-refractivity contribution in [2.45, 2.75) is 13.5 Å². The molecule has 0 saturated carbocycles. The van der Waals surface area contributed by atoms with Gasteiger partial charge >= 0.3 is 0 Å². The second-order valence-electron chi connectivity index (χ2n) is 7.08. The van der Waals surface area contributed by atoms with E-state index in [0.29, 0.717) is 46.3 Å². The van der Waals surface area contributed by atoms with Gasteiger partial charge in [0.2, 0.25) is 0 Å². The molecule has 0 atom stereocenters. The molecule has 30 heavy (non-hydrogen) atoms. The van der Waals surface area contributed by atoms with Crippen molar-refractivity contribution in [3.63, 3.8) is 0 Å². The largest absolute Gasteiger partial charge is 0.359 e. The number of hydrogen-bond donors (Lipinski definition) is 0. The maximum absolute atomic E-state index is 14.2. The first-order valence-corrected chi connectivity index (χ1v) is 9.37. The van der Waals surface area contributed by atoms with Crippen molar-refractivity contribution in [1.82, 2.24) is 19.7 Å². The number of pyridine rings is 1. The molecule has 0 amide bonds. The summed E-state index contributed by atoms with van der Waals surface area (Å²) in [7, 11) is 0. The van der Waals surface area contributed by atoms with Crippen LogP contribution in [0.25, 0.3) is 34.0 Å². The van der Waals surface area contributed by atoms with Crippen molar-refractivity contribution in [2.24, 2.45) is 0 Å². The number of aryl methyl sites for hydroxylation is 1. The molecule has 148 valence electrons. The summed E-state index contributed by atoms with van der Waals surface area (Å²) >= 11 is 0. The number of rotatable bonds is 4. The number of fused-ring (bicyclic) bond motifs is 1. The van der Waals surface area contributed by atoms with Crippen LogP contribution in [-0.4, -0.2) is 19.7 Å². The standard InChI is InChI=1S/C23H16F2N4O/c1-14-6-7-16(19(25)10-14)21-11-15(30-28-21)12-29-9-8-20-22(13-29)27-23(26-20)17-4-2-3-5-18(17)24/h2-11,13H,12H2,1H3. The SMILES string of the molecule is Cc1ccc(-c2cc(Cn3ccc4nc(-c5ccccc5F)nc-4c3)on2)c(F)c1. The number of halogens is 2. The van der Waals surface area contributed by atoms with Gasteiger partial charge in [-0.3, -0.25) is 0 Å². The van der Waals surface area contributed by atoms with Gasteiger partial charge < -0.3 is 9.09 Å². The molecule has 0 spiro atoms. The summed E-state index contributed by atoms with van der Waals surface area (Å²) in [4.78, 5) is 8.86. The van der Waals surface area contributed by atoms with Gasteiger partial charge in [-0.1, -0.05) is 23.4 Å². The molecule has 0 N–H and O–H groups in total. The second-order valence-corrected chi connectivity index (χ2v) is 7.08. The molecule has 5 nitrogen and oxygen atoms in total. The quantitative estimate of drug-likeness (QED) is 0.407. The summed E-state index contributed by atoms with van der Waals surface area (Å²) in [6.07, 6.45) is 3.64. The zero-order valence-corrected chi connectivity index (χ0v) is 16.0. The van der Waals surface area contributed by atoms with Gasteiger partial charge in [-0.05, 0) is 42.8 Å². The van der Waals surface area contributed by atoms with Gasteiger partial charge in [0.05, 0.1) is 17.8 Å². The van der Waals surface area contributed by atoms with Gasteiger partial charge in [0.25, 0.3) is 0 Å². The first kappa shape index (κ1) is 18.2. The first-order chi connectivity index (χ1) is 14.6. The Bertz CT molecular complexity index is 1320. The Morgan fingerprint density at radius 2 is 1.70 bits per heavy atom. The molecule has 0 fully saturated rings. The van der Waals surface area contributed by atoms with Gasteiger partial charge in [-0.25, -0.2) is 18.7 Å². The van der Waals surface area contributed by atoms with Crippen molar-refractivity contribution in [3.8, 4) is 34.0 Å². The highest BCUT2D eigenvalue weighted by molar-refractivity contribution is 5.66. The average Bonchev–Trinajstić information content (AvgIpc) is 3.35. The molecule has 7 heteroatoms. The molecule has 1 aromatic heterocycles. The predicted octanol–water partition coefficient (Wildman–Crippen LogP) is 5.34. The van der Waals surface area contributed by atoms with E-state index in [9.17, 15) is 8.78 Å². The molecule has 0 unspecified atom stereocenters. The molecule has 0 bridgehead atoms. The van der Waals surface area contributed by atoms with Crippen molar-refractivity contribution in [1.29, 1.82) is 0 Å². The Labute approximate surface area is 171 Å². The summed E-state index contributed by atoms with van der Waals surface area (Å²) in [5, 5.41) is 3.99. The maximum Gasteiger partial charge on any atom is 0.163 e. The topological polar surface area (TPSA) is 56.7 Å². The molecule has 0 radical (unpaired) electrons. The van der Waals surface area contributed by atoms with E-state index >= 15 is 0 Å². The monoisotopic (exact) mass is 402 g/mol. The third-order valence-electron chi connectivity index (χ3n) is 4.84. The van der Waals surface area contributed by atoms with E-state index < -0.39 is 0 Å². The Balaban J connectivity index is 1.42. The Morgan fingerprint density at radius 3 is 2.53 bits per heavy atom. The summed E-state index contributed by atoms with van der Waals surface area (Å²) in [6, 6.07) is 14.9. The highest BCUT2D eigenvalue weighted by atomic mass is 19.1. The van der Waals surface area contributed by atoms with Gasteiger partial charge in [-0.15, -0.1) is 0 Å². The number of imidazole rings is 1. The first-order valence-electron chi connectivity index (χ1n) is 9.37. The Morgan fingerprint density at radius 1 is 0.867 bits per heavy atom. The van der Waals surface area contributed by atoms with E-state index in [1.807, 2.05) is 29.8 Å².